The zero-order valence-electron chi connectivity index (χ0n) is 39.4. The third-order valence-corrected chi connectivity index (χ3v) is 11.8. The highest BCUT2D eigenvalue weighted by Crippen LogP contribution is 2.23. The van der Waals surface area contributed by atoms with Crippen LogP contribution in [0.15, 0.2) is 36.5 Å². The average Bonchev–Trinajstić information content (AvgIpc) is 3.26. The van der Waals surface area contributed by atoms with Gasteiger partial charge >= 0.3 is 5.97 Å². The molecule has 0 aromatic carbocycles. The number of carbonyl (C=O) groups excluding carboxylic acids is 1. The van der Waals surface area contributed by atoms with E-state index >= 15 is 0 Å². The maximum absolute atomic E-state index is 12.8. The zero-order valence-corrected chi connectivity index (χ0v) is 39.4. The zero-order chi connectivity index (χ0) is 44.3. The Balaban J connectivity index is 2.19. The van der Waals surface area contributed by atoms with Crippen LogP contribution in [0.4, 0.5) is 0 Å². The first-order valence-electron chi connectivity index (χ1n) is 25.6. The Morgan fingerprint density at radius 2 is 1.00 bits per heavy atom. The highest BCUT2D eigenvalue weighted by Gasteiger charge is 2.44. The molecule has 1 heterocycles. The van der Waals surface area contributed by atoms with Crippen molar-refractivity contribution in [1.29, 1.82) is 0 Å². The quantitative estimate of drug-likeness (QED) is 0.0268. The smallest absolute Gasteiger partial charge is 0.306 e. The fourth-order valence-corrected chi connectivity index (χ4v) is 7.86. The largest absolute Gasteiger partial charge is 0.457 e. The van der Waals surface area contributed by atoms with Crippen LogP contribution < -0.4 is 0 Å². The molecule has 6 atom stereocenters. The van der Waals surface area contributed by atoms with Crippen molar-refractivity contribution >= 4 is 5.97 Å². The lowest BCUT2D eigenvalue weighted by atomic mass is 9.99. The number of hydrogen-bond acceptors (Lipinski definition) is 9. The van der Waals surface area contributed by atoms with Crippen molar-refractivity contribution in [3.05, 3.63) is 36.5 Å². The van der Waals surface area contributed by atoms with Crippen molar-refractivity contribution < 1.29 is 44.2 Å². The first-order chi connectivity index (χ1) is 29.9. The molecule has 9 nitrogen and oxygen atoms in total. The van der Waals surface area contributed by atoms with E-state index < -0.39 is 43.4 Å². The van der Waals surface area contributed by atoms with Gasteiger partial charge in [0.05, 0.1) is 19.8 Å². The molecule has 0 bridgehead atoms. The van der Waals surface area contributed by atoms with E-state index in [9.17, 15) is 25.2 Å². The summed E-state index contributed by atoms with van der Waals surface area (Å²) in [5.41, 5.74) is 0. The van der Waals surface area contributed by atoms with Gasteiger partial charge in [0.15, 0.2) is 6.29 Å². The molecule has 4 N–H and O–H groups in total. The molecule has 0 aliphatic carbocycles. The molecule has 1 rings (SSSR count). The van der Waals surface area contributed by atoms with E-state index in [2.05, 4.69) is 50.3 Å². The average molecular weight is 865 g/mol. The van der Waals surface area contributed by atoms with Gasteiger partial charge in [0.2, 0.25) is 0 Å². The van der Waals surface area contributed by atoms with E-state index in [-0.39, 0.29) is 19.2 Å². The SMILES string of the molecule is CC/C=C\C/C=C\C/C=C\CCCCCCCCOCC(COC1OC(CO)C(O)C(O)C1O)OC(=O)CCCCCCCCCCCCCCCCCCCCCCCC. The summed E-state index contributed by atoms with van der Waals surface area (Å²) in [4.78, 5) is 12.8. The Kier molecular flexibility index (Phi) is 41.1. The van der Waals surface area contributed by atoms with Gasteiger partial charge in [-0.15, -0.1) is 0 Å². The molecule has 0 saturated carbocycles. The van der Waals surface area contributed by atoms with Crippen molar-refractivity contribution in [3.63, 3.8) is 0 Å². The Bertz CT molecular complexity index is 1030. The monoisotopic (exact) mass is 865 g/mol. The Labute approximate surface area is 374 Å². The lowest BCUT2D eigenvalue weighted by Crippen LogP contribution is -2.59. The van der Waals surface area contributed by atoms with Gasteiger partial charge in [0.25, 0.3) is 0 Å². The Morgan fingerprint density at radius 1 is 0.541 bits per heavy atom. The van der Waals surface area contributed by atoms with Gasteiger partial charge < -0.3 is 39.4 Å². The summed E-state index contributed by atoms with van der Waals surface area (Å²) in [6, 6.07) is 0. The van der Waals surface area contributed by atoms with Crippen molar-refractivity contribution in [2.45, 2.75) is 263 Å². The highest BCUT2D eigenvalue weighted by molar-refractivity contribution is 5.69. The van der Waals surface area contributed by atoms with Gasteiger partial charge in [0.1, 0.15) is 30.5 Å². The highest BCUT2D eigenvalue weighted by atomic mass is 16.7. The maximum atomic E-state index is 12.8. The molecule has 1 fully saturated rings. The third kappa shape index (κ3) is 34.5. The van der Waals surface area contributed by atoms with Crippen molar-refractivity contribution in [1.82, 2.24) is 0 Å². The molecule has 0 aromatic heterocycles. The molecule has 61 heavy (non-hydrogen) atoms. The summed E-state index contributed by atoms with van der Waals surface area (Å²) in [7, 11) is 0. The number of rotatable bonds is 44. The number of allylic oxidation sites excluding steroid dienone is 6. The van der Waals surface area contributed by atoms with Crippen LogP contribution in [0.1, 0.15) is 226 Å². The molecule has 6 unspecified atom stereocenters. The predicted molar refractivity (Wildman–Crippen MR) is 252 cm³/mol. The molecule has 0 aromatic rings. The minimum atomic E-state index is -1.54. The van der Waals surface area contributed by atoms with Crippen LogP contribution in [0.5, 0.6) is 0 Å². The minimum absolute atomic E-state index is 0.116. The van der Waals surface area contributed by atoms with E-state index in [1.54, 1.807) is 0 Å². The summed E-state index contributed by atoms with van der Waals surface area (Å²) < 4.78 is 22.9. The lowest BCUT2D eigenvalue weighted by Gasteiger charge is -2.39. The second-order valence-electron chi connectivity index (χ2n) is 17.6. The van der Waals surface area contributed by atoms with E-state index in [1.807, 2.05) is 0 Å². The van der Waals surface area contributed by atoms with Crippen LogP contribution in [-0.4, -0.2) is 89.6 Å². The standard InChI is InChI=1S/C52H96O9/c1-3-5-7-9-11-13-15-17-19-21-22-23-24-25-26-27-29-31-33-35-37-39-41-48(54)60-46(45-59-52-51(57)50(56)49(55)47(43-53)61-52)44-58-42-40-38-36-34-32-30-28-20-18-16-14-12-10-8-6-4-2/h6,8,12,14,18,20,46-47,49-53,55-57H,3-5,7,9-11,13,15-17,19,21-45H2,1-2H3/b8-6-,14-12-,20-18-. The first-order valence-corrected chi connectivity index (χ1v) is 25.6. The van der Waals surface area contributed by atoms with Crippen LogP contribution in [-0.2, 0) is 23.7 Å². The summed E-state index contributed by atoms with van der Waals surface area (Å²) in [5.74, 6) is -0.315. The summed E-state index contributed by atoms with van der Waals surface area (Å²) >= 11 is 0. The molecule has 1 aliphatic heterocycles. The summed E-state index contributed by atoms with van der Waals surface area (Å²) in [6.07, 6.45) is 46.1. The van der Waals surface area contributed by atoms with E-state index in [0.29, 0.717) is 13.0 Å². The van der Waals surface area contributed by atoms with Crippen LogP contribution >= 0.6 is 0 Å². The molecule has 0 radical (unpaired) electrons. The van der Waals surface area contributed by atoms with E-state index in [0.717, 1.165) is 64.2 Å². The van der Waals surface area contributed by atoms with Crippen LogP contribution in [0.2, 0.25) is 0 Å². The van der Waals surface area contributed by atoms with Crippen LogP contribution in [0.25, 0.3) is 0 Å². The minimum Gasteiger partial charge on any atom is -0.457 e. The molecule has 1 aliphatic rings. The number of unbranched alkanes of at least 4 members (excludes halogenated alkanes) is 27. The molecule has 0 spiro atoms. The van der Waals surface area contributed by atoms with Gasteiger partial charge in [-0.25, -0.2) is 0 Å². The topological polar surface area (TPSA) is 135 Å². The van der Waals surface area contributed by atoms with Crippen LogP contribution in [0, 0.1) is 0 Å². The third-order valence-electron chi connectivity index (χ3n) is 11.8. The second kappa shape index (κ2) is 43.7. The number of aliphatic hydroxyl groups excluding tert-OH is 4. The number of carbonyl (C=O) groups is 1. The molecular weight excluding hydrogens is 769 g/mol. The number of ether oxygens (including phenoxy) is 4. The lowest BCUT2D eigenvalue weighted by molar-refractivity contribution is -0.305. The number of esters is 1. The first kappa shape index (κ1) is 57.4. The van der Waals surface area contributed by atoms with Crippen molar-refractivity contribution in [2.24, 2.45) is 0 Å². The van der Waals surface area contributed by atoms with Gasteiger partial charge in [-0.2, -0.15) is 0 Å². The molecular formula is C52H96O9. The van der Waals surface area contributed by atoms with Crippen LogP contribution in [0.3, 0.4) is 0 Å². The Hall–Kier alpha value is -1.59. The summed E-state index contributed by atoms with van der Waals surface area (Å²) in [6.45, 7) is 4.45. The predicted octanol–water partition coefficient (Wildman–Crippen LogP) is 12.3. The van der Waals surface area contributed by atoms with Gasteiger partial charge in [0, 0.05) is 13.0 Å². The molecule has 9 heteroatoms. The van der Waals surface area contributed by atoms with Gasteiger partial charge in [-0.1, -0.05) is 211 Å². The summed E-state index contributed by atoms with van der Waals surface area (Å²) in [5, 5.41) is 40.2. The van der Waals surface area contributed by atoms with Gasteiger partial charge in [-0.05, 0) is 44.9 Å². The molecule has 1 saturated heterocycles. The van der Waals surface area contributed by atoms with Gasteiger partial charge in [-0.3, -0.25) is 4.79 Å². The fourth-order valence-electron chi connectivity index (χ4n) is 7.86. The molecule has 358 valence electrons. The Morgan fingerprint density at radius 3 is 1.51 bits per heavy atom. The second-order valence-corrected chi connectivity index (χ2v) is 17.6. The fraction of sp³-hybridized carbons (Fsp3) is 0.865. The van der Waals surface area contributed by atoms with E-state index in [1.165, 1.54) is 141 Å². The van der Waals surface area contributed by atoms with E-state index in [4.69, 9.17) is 18.9 Å². The number of aliphatic hydroxyl groups is 4. The number of hydrogen-bond donors (Lipinski definition) is 4. The van der Waals surface area contributed by atoms with Crippen molar-refractivity contribution in [3.8, 4) is 0 Å². The normalized spacial score (nSPS) is 20.1. The molecule has 0 amide bonds. The van der Waals surface area contributed by atoms with Crippen molar-refractivity contribution in [2.75, 3.05) is 26.4 Å². The maximum Gasteiger partial charge on any atom is 0.306 e.